The highest BCUT2D eigenvalue weighted by Crippen LogP contribution is 2.36. The quantitative estimate of drug-likeness (QED) is 0.743. The lowest BCUT2D eigenvalue weighted by atomic mass is 9.75. The van der Waals surface area contributed by atoms with E-state index in [9.17, 15) is 9.59 Å². The van der Waals surface area contributed by atoms with Crippen molar-refractivity contribution >= 4 is 17.7 Å². The third-order valence-corrected chi connectivity index (χ3v) is 6.34. The number of carbonyl (C=O) groups excluding carboxylic acids is 1. The van der Waals surface area contributed by atoms with Crippen molar-refractivity contribution in [3.63, 3.8) is 0 Å². The van der Waals surface area contributed by atoms with E-state index in [1.165, 1.54) is 31.9 Å². The zero-order chi connectivity index (χ0) is 15.1. The number of hydrogen-bond donors (Lipinski definition) is 0. The van der Waals surface area contributed by atoms with Gasteiger partial charge in [-0.15, -0.1) is 0 Å². The molecule has 0 radical (unpaired) electrons. The van der Waals surface area contributed by atoms with Gasteiger partial charge in [0.05, 0.1) is 0 Å². The number of piperidine rings is 1. The number of hydrogen-bond acceptors (Lipinski definition) is 4. The van der Waals surface area contributed by atoms with Crippen LogP contribution in [0.4, 0.5) is 0 Å². The zero-order valence-electron chi connectivity index (χ0n) is 12.7. The molecule has 3 heterocycles. The fourth-order valence-electron chi connectivity index (χ4n) is 4.12. The minimum atomic E-state index is -0.161. The Bertz CT molecular complexity index is 657. The smallest absolute Gasteiger partial charge is 0.267 e. The minimum absolute atomic E-state index is 0.117. The summed E-state index contributed by atoms with van der Waals surface area (Å²) in [6, 6.07) is 0. The van der Waals surface area contributed by atoms with Gasteiger partial charge < -0.3 is 4.90 Å². The van der Waals surface area contributed by atoms with Crippen LogP contribution in [0.1, 0.15) is 42.5 Å². The normalized spacial score (nSPS) is 27.4. The standard InChI is InChI=1S/C16H21N3O2S/c20-14(13-9-17-16-19(15(13)21)7-8-22-16)18-6-5-11-3-1-2-4-12(11)10-18/h9,11-12H,1-8,10H2/t11-,12-/m0/s1. The van der Waals surface area contributed by atoms with Crippen molar-refractivity contribution in [2.24, 2.45) is 11.8 Å². The van der Waals surface area contributed by atoms with Gasteiger partial charge in [0.15, 0.2) is 5.16 Å². The van der Waals surface area contributed by atoms with Crippen molar-refractivity contribution in [2.75, 3.05) is 18.8 Å². The molecule has 118 valence electrons. The van der Waals surface area contributed by atoms with E-state index in [0.717, 1.165) is 36.3 Å². The Hall–Kier alpha value is -1.30. The van der Waals surface area contributed by atoms with Crippen LogP contribution in [-0.2, 0) is 6.54 Å². The second-order valence-electron chi connectivity index (χ2n) is 6.60. The summed E-state index contributed by atoms with van der Waals surface area (Å²) in [5.74, 6) is 2.17. The lowest BCUT2D eigenvalue weighted by molar-refractivity contribution is 0.0518. The molecular formula is C16H21N3O2S. The molecule has 2 aliphatic heterocycles. The monoisotopic (exact) mass is 319 g/mol. The van der Waals surface area contributed by atoms with Crippen LogP contribution in [0, 0.1) is 11.8 Å². The zero-order valence-corrected chi connectivity index (χ0v) is 13.5. The third-order valence-electron chi connectivity index (χ3n) is 5.37. The first-order valence-electron chi connectivity index (χ1n) is 8.26. The Morgan fingerprint density at radius 2 is 2.00 bits per heavy atom. The van der Waals surface area contributed by atoms with E-state index in [-0.39, 0.29) is 17.0 Å². The average molecular weight is 319 g/mol. The summed E-state index contributed by atoms with van der Waals surface area (Å²) in [5.41, 5.74) is 0.0891. The number of aromatic nitrogens is 2. The summed E-state index contributed by atoms with van der Waals surface area (Å²) in [6.07, 6.45) is 7.74. The maximum atomic E-state index is 12.8. The van der Waals surface area contributed by atoms with Crippen LogP contribution in [0.25, 0.3) is 0 Å². The molecule has 1 saturated carbocycles. The molecule has 1 aliphatic carbocycles. The fourth-order valence-corrected chi connectivity index (χ4v) is 5.03. The summed E-state index contributed by atoms with van der Waals surface area (Å²) < 4.78 is 1.64. The van der Waals surface area contributed by atoms with Crippen LogP contribution in [0.3, 0.4) is 0 Å². The molecular weight excluding hydrogens is 298 g/mol. The Kier molecular flexibility index (Phi) is 3.72. The molecule has 5 nitrogen and oxygen atoms in total. The summed E-state index contributed by atoms with van der Waals surface area (Å²) in [5, 5.41) is 0.743. The van der Waals surface area contributed by atoms with Gasteiger partial charge in [-0.25, -0.2) is 4.98 Å². The van der Waals surface area contributed by atoms with Crippen LogP contribution < -0.4 is 5.56 Å². The van der Waals surface area contributed by atoms with Crippen LogP contribution in [-0.4, -0.2) is 39.2 Å². The van der Waals surface area contributed by atoms with E-state index in [2.05, 4.69) is 4.98 Å². The first-order valence-corrected chi connectivity index (χ1v) is 9.24. The number of amides is 1. The lowest BCUT2D eigenvalue weighted by Gasteiger charge is -2.41. The van der Waals surface area contributed by atoms with Gasteiger partial charge in [-0.3, -0.25) is 14.2 Å². The van der Waals surface area contributed by atoms with Gasteiger partial charge in [0.1, 0.15) is 5.56 Å². The number of likely N-dealkylation sites (tertiary alicyclic amines) is 1. The molecule has 0 aromatic carbocycles. The lowest BCUT2D eigenvalue weighted by Crippen LogP contribution is -2.46. The van der Waals surface area contributed by atoms with Crippen LogP contribution in [0.2, 0.25) is 0 Å². The minimum Gasteiger partial charge on any atom is -0.338 e. The third kappa shape index (κ3) is 2.37. The highest BCUT2D eigenvalue weighted by atomic mass is 32.2. The summed E-state index contributed by atoms with van der Waals surface area (Å²) >= 11 is 1.58. The van der Waals surface area contributed by atoms with E-state index >= 15 is 0 Å². The molecule has 3 aliphatic rings. The number of fused-ring (bicyclic) bond motifs is 2. The second kappa shape index (κ2) is 5.72. The second-order valence-corrected chi connectivity index (χ2v) is 7.67. The predicted octanol–water partition coefficient (Wildman–Crippen LogP) is 2.00. The van der Waals surface area contributed by atoms with E-state index in [0.29, 0.717) is 12.5 Å². The highest BCUT2D eigenvalue weighted by molar-refractivity contribution is 7.99. The topological polar surface area (TPSA) is 55.2 Å². The van der Waals surface area contributed by atoms with Crippen molar-refractivity contribution in [2.45, 2.75) is 43.8 Å². The van der Waals surface area contributed by atoms with Crippen LogP contribution in [0.15, 0.2) is 16.1 Å². The molecule has 0 bridgehead atoms. The average Bonchev–Trinajstić information content (AvgIpc) is 3.04. The highest BCUT2D eigenvalue weighted by Gasteiger charge is 2.34. The van der Waals surface area contributed by atoms with E-state index in [1.807, 2.05) is 4.90 Å². The predicted molar refractivity (Wildman–Crippen MR) is 85.2 cm³/mol. The fraction of sp³-hybridized carbons (Fsp3) is 0.688. The van der Waals surface area contributed by atoms with E-state index < -0.39 is 0 Å². The van der Waals surface area contributed by atoms with Gasteiger partial charge in [-0.2, -0.15) is 0 Å². The molecule has 6 heteroatoms. The SMILES string of the molecule is O=C(c1cnc2n(c1=O)CCS2)N1CC[C@@H]2CCCC[C@H]2C1. The molecule has 2 fully saturated rings. The Morgan fingerprint density at radius 3 is 2.86 bits per heavy atom. The molecule has 0 spiro atoms. The number of thioether (sulfide) groups is 1. The van der Waals surface area contributed by atoms with Gasteiger partial charge in [-0.1, -0.05) is 31.0 Å². The van der Waals surface area contributed by atoms with Crippen LogP contribution in [0.5, 0.6) is 0 Å². The van der Waals surface area contributed by atoms with Gasteiger partial charge in [0, 0.05) is 31.6 Å². The number of nitrogens with zero attached hydrogens (tertiary/aromatic N) is 3. The molecule has 2 atom stereocenters. The molecule has 1 aromatic heterocycles. The van der Waals surface area contributed by atoms with Gasteiger partial charge in [0.2, 0.25) is 0 Å². The molecule has 0 unspecified atom stereocenters. The van der Waals surface area contributed by atoms with Crippen molar-refractivity contribution in [1.82, 2.24) is 14.5 Å². The van der Waals surface area contributed by atoms with Crippen molar-refractivity contribution in [1.29, 1.82) is 0 Å². The van der Waals surface area contributed by atoms with Crippen molar-refractivity contribution in [3.05, 3.63) is 22.1 Å². The van der Waals surface area contributed by atoms with Gasteiger partial charge >= 0.3 is 0 Å². The van der Waals surface area contributed by atoms with Gasteiger partial charge in [0.25, 0.3) is 11.5 Å². The first-order chi connectivity index (χ1) is 10.7. The van der Waals surface area contributed by atoms with E-state index in [4.69, 9.17) is 0 Å². The summed E-state index contributed by atoms with van der Waals surface area (Å²) in [6.45, 7) is 2.27. The molecule has 1 amide bonds. The maximum Gasteiger partial charge on any atom is 0.267 e. The molecule has 1 aromatic rings. The Balaban J connectivity index is 1.56. The summed E-state index contributed by atoms with van der Waals surface area (Å²) in [7, 11) is 0. The number of rotatable bonds is 1. The van der Waals surface area contributed by atoms with Crippen molar-refractivity contribution < 1.29 is 4.79 Å². The first kappa shape index (κ1) is 14.3. The molecule has 1 saturated heterocycles. The maximum absolute atomic E-state index is 12.8. The number of carbonyl (C=O) groups is 1. The molecule has 4 rings (SSSR count). The summed E-state index contributed by atoms with van der Waals surface area (Å²) in [4.78, 5) is 31.4. The largest absolute Gasteiger partial charge is 0.338 e. The molecule has 0 N–H and O–H groups in total. The Labute approximate surface area is 134 Å². The Morgan fingerprint density at radius 1 is 1.18 bits per heavy atom. The van der Waals surface area contributed by atoms with E-state index in [1.54, 1.807) is 16.3 Å². The molecule has 22 heavy (non-hydrogen) atoms. The van der Waals surface area contributed by atoms with Gasteiger partial charge in [-0.05, 0) is 24.7 Å². The van der Waals surface area contributed by atoms with Crippen molar-refractivity contribution in [3.8, 4) is 0 Å². The van der Waals surface area contributed by atoms with Crippen LogP contribution >= 0.6 is 11.8 Å².